The maximum atomic E-state index is 5.58. The summed E-state index contributed by atoms with van der Waals surface area (Å²) in [5.41, 5.74) is 9.90. The summed E-state index contributed by atoms with van der Waals surface area (Å²) in [5, 5.41) is -0.193. The van der Waals surface area contributed by atoms with E-state index in [1.165, 1.54) is 0 Å². The molecule has 4 N–H and O–H groups in total. The van der Waals surface area contributed by atoms with Gasteiger partial charge in [-0.25, -0.2) is 0 Å². The van der Waals surface area contributed by atoms with Crippen molar-refractivity contribution in [1.82, 2.24) is 0 Å². The highest BCUT2D eigenvalue weighted by atomic mass is 35.5. The first kappa shape index (κ1) is 8.50. The average molecular weight is 157 g/mol. The van der Waals surface area contributed by atoms with E-state index in [0.717, 1.165) is 0 Å². The summed E-state index contributed by atoms with van der Waals surface area (Å²) in [7, 11) is 0. The minimum Gasteiger partial charge on any atom is -0.330 e. The first-order valence-electron chi connectivity index (χ1n) is 2.42. The molecule has 0 aliphatic rings. The van der Waals surface area contributed by atoms with Crippen LogP contribution < -0.4 is 11.5 Å². The van der Waals surface area contributed by atoms with Gasteiger partial charge in [-0.3, -0.25) is 0 Å². The second-order valence-electron chi connectivity index (χ2n) is 1.54. The number of alkyl halides is 2. The fourth-order valence-electron chi connectivity index (χ4n) is 0.318. The molecule has 4 heteroatoms. The molecule has 50 valence electrons. The Morgan fingerprint density at radius 1 is 1.38 bits per heavy atom. The highest BCUT2D eigenvalue weighted by molar-refractivity contribution is 6.29. The molecule has 0 saturated carbocycles. The van der Waals surface area contributed by atoms with E-state index in [0.29, 0.717) is 13.0 Å². The summed E-state index contributed by atoms with van der Waals surface area (Å²) in [6, 6.07) is 0. The van der Waals surface area contributed by atoms with Gasteiger partial charge in [0.05, 0.1) is 10.9 Å². The average Bonchev–Trinajstić information content (AvgIpc) is 1.67. The van der Waals surface area contributed by atoms with Crippen LogP contribution in [-0.4, -0.2) is 17.4 Å². The van der Waals surface area contributed by atoms with Gasteiger partial charge in [0.15, 0.2) is 0 Å². The first-order chi connectivity index (χ1) is 3.68. The molecule has 2 atom stereocenters. The molecule has 0 spiro atoms. The predicted octanol–water partition coefficient (Wildman–Crippen LogP) is 0.466. The summed E-state index contributed by atoms with van der Waals surface area (Å²) in [4.78, 5) is 0. The zero-order valence-electron chi connectivity index (χ0n) is 4.48. The normalized spacial score (nSPS) is 18.0. The van der Waals surface area contributed by atoms with Crippen molar-refractivity contribution in [2.45, 2.75) is 17.3 Å². The van der Waals surface area contributed by atoms with Crippen LogP contribution in [0.15, 0.2) is 0 Å². The minimum absolute atomic E-state index is 0.193. The molecule has 8 heavy (non-hydrogen) atoms. The molecule has 0 aliphatic heterocycles. The Bertz CT molecular complexity index is 58.0. The molecule has 0 rings (SSSR count). The molecule has 2 unspecified atom stereocenters. The van der Waals surface area contributed by atoms with Crippen LogP contribution >= 0.6 is 23.2 Å². The summed E-state index contributed by atoms with van der Waals surface area (Å²) >= 11 is 11.0. The third kappa shape index (κ3) is 3.50. The van der Waals surface area contributed by atoms with Gasteiger partial charge < -0.3 is 11.5 Å². The quantitative estimate of drug-likeness (QED) is 0.462. The Hall–Kier alpha value is 0.500. The molecule has 2 nitrogen and oxygen atoms in total. The van der Waals surface area contributed by atoms with E-state index in [4.69, 9.17) is 34.7 Å². The van der Waals surface area contributed by atoms with Crippen LogP contribution in [0.5, 0.6) is 0 Å². The van der Waals surface area contributed by atoms with Crippen LogP contribution in [0.3, 0.4) is 0 Å². The molecule has 0 aromatic carbocycles. The van der Waals surface area contributed by atoms with Gasteiger partial charge in [-0.1, -0.05) is 0 Å². The van der Waals surface area contributed by atoms with E-state index in [1.54, 1.807) is 0 Å². The molecule has 0 aliphatic carbocycles. The predicted molar refractivity (Wildman–Crippen MR) is 37.1 cm³/mol. The second kappa shape index (κ2) is 4.39. The maximum Gasteiger partial charge on any atom is 0.0966 e. The molecule has 0 fully saturated rings. The molecule has 0 radical (unpaired) electrons. The number of hydrogen-bond donors (Lipinski definition) is 2. The van der Waals surface area contributed by atoms with Gasteiger partial charge in [-0.2, -0.15) is 0 Å². The van der Waals surface area contributed by atoms with Gasteiger partial charge in [-0.15, -0.1) is 23.2 Å². The fraction of sp³-hybridized carbons (Fsp3) is 1.00. The van der Waals surface area contributed by atoms with Crippen molar-refractivity contribution in [1.29, 1.82) is 0 Å². The van der Waals surface area contributed by atoms with E-state index in [9.17, 15) is 0 Å². The third-order valence-corrected chi connectivity index (χ3v) is 1.71. The fourth-order valence-corrected chi connectivity index (χ4v) is 0.570. The molecule has 0 saturated heterocycles. The van der Waals surface area contributed by atoms with Gasteiger partial charge in [0.25, 0.3) is 0 Å². The minimum atomic E-state index is -0.472. The third-order valence-electron chi connectivity index (χ3n) is 0.788. The summed E-state index contributed by atoms with van der Waals surface area (Å²) < 4.78 is 0. The smallest absolute Gasteiger partial charge is 0.0966 e. The zero-order chi connectivity index (χ0) is 6.57. The molecular formula is C4H10Cl2N2. The van der Waals surface area contributed by atoms with Crippen LogP contribution in [0.2, 0.25) is 0 Å². The highest BCUT2D eigenvalue weighted by Gasteiger charge is 2.09. The van der Waals surface area contributed by atoms with E-state index in [2.05, 4.69) is 0 Å². The molecule has 0 heterocycles. The Labute approximate surface area is 59.1 Å². The van der Waals surface area contributed by atoms with E-state index < -0.39 is 5.50 Å². The summed E-state index contributed by atoms with van der Waals surface area (Å²) in [5.74, 6) is 0. The standard InChI is InChI=1S/C4H10Cl2N2/c5-3(1-2-7)4(6)8/h3-4H,1-2,7-8H2. The van der Waals surface area contributed by atoms with Gasteiger partial charge in [-0.05, 0) is 13.0 Å². The monoisotopic (exact) mass is 156 g/mol. The Morgan fingerprint density at radius 3 is 2.00 bits per heavy atom. The lowest BCUT2D eigenvalue weighted by atomic mass is 10.3. The number of nitrogens with two attached hydrogens (primary N) is 2. The summed E-state index contributed by atoms with van der Waals surface area (Å²) in [6.45, 7) is 0.536. The molecular weight excluding hydrogens is 147 g/mol. The topological polar surface area (TPSA) is 52.0 Å². The number of hydrogen-bond acceptors (Lipinski definition) is 2. The van der Waals surface area contributed by atoms with Crippen LogP contribution in [0.1, 0.15) is 6.42 Å². The van der Waals surface area contributed by atoms with Crippen molar-refractivity contribution in [3.63, 3.8) is 0 Å². The zero-order valence-corrected chi connectivity index (χ0v) is 5.99. The largest absolute Gasteiger partial charge is 0.330 e. The van der Waals surface area contributed by atoms with Crippen LogP contribution in [0.25, 0.3) is 0 Å². The van der Waals surface area contributed by atoms with Crippen LogP contribution in [-0.2, 0) is 0 Å². The lowest BCUT2D eigenvalue weighted by Crippen LogP contribution is -2.26. The Kier molecular flexibility index (Phi) is 4.66. The van der Waals surface area contributed by atoms with Crippen molar-refractivity contribution >= 4 is 23.2 Å². The molecule has 0 bridgehead atoms. The van der Waals surface area contributed by atoms with Crippen LogP contribution in [0, 0.1) is 0 Å². The second-order valence-corrected chi connectivity index (χ2v) is 2.60. The lowest BCUT2D eigenvalue weighted by molar-refractivity contribution is 0.726. The Balaban J connectivity index is 3.17. The van der Waals surface area contributed by atoms with Gasteiger partial charge in [0.1, 0.15) is 0 Å². The summed E-state index contributed by atoms with van der Waals surface area (Å²) in [6.07, 6.45) is 0.673. The molecule has 0 aromatic rings. The highest BCUT2D eigenvalue weighted by Crippen LogP contribution is 2.06. The van der Waals surface area contributed by atoms with E-state index in [1.807, 2.05) is 0 Å². The van der Waals surface area contributed by atoms with Crippen molar-refractivity contribution in [2.75, 3.05) is 6.54 Å². The van der Waals surface area contributed by atoms with Crippen molar-refractivity contribution < 1.29 is 0 Å². The van der Waals surface area contributed by atoms with Gasteiger partial charge >= 0.3 is 0 Å². The maximum absolute atomic E-state index is 5.58. The van der Waals surface area contributed by atoms with Gasteiger partial charge in [0, 0.05) is 0 Å². The van der Waals surface area contributed by atoms with E-state index in [-0.39, 0.29) is 5.38 Å². The van der Waals surface area contributed by atoms with Crippen molar-refractivity contribution in [2.24, 2.45) is 11.5 Å². The van der Waals surface area contributed by atoms with Gasteiger partial charge in [0.2, 0.25) is 0 Å². The van der Waals surface area contributed by atoms with E-state index >= 15 is 0 Å². The number of rotatable bonds is 3. The number of halogens is 2. The van der Waals surface area contributed by atoms with Crippen molar-refractivity contribution in [3.05, 3.63) is 0 Å². The SMILES string of the molecule is NCCC(Cl)C(N)Cl. The Morgan fingerprint density at radius 2 is 1.88 bits per heavy atom. The first-order valence-corrected chi connectivity index (χ1v) is 3.29. The molecule has 0 amide bonds. The van der Waals surface area contributed by atoms with Crippen molar-refractivity contribution in [3.8, 4) is 0 Å². The lowest BCUT2D eigenvalue weighted by Gasteiger charge is -2.08. The van der Waals surface area contributed by atoms with Crippen LogP contribution in [0.4, 0.5) is 0 Å². The molecule has 0 aromatic heterocycles.